The van der Waals surface area contributed by atoms with Crippen LogP contribution in [0.1, 0.15) is 32.6 Å². The summed E-state index contributed by atoms with van der Waals surface area (Å²) in [6, 6.07) is 0.540. The number of rotatable bonds is 5. The monoisotopic (exact) mass is 196 g/mol. The molecule has 0 bridgehead atoms. The third-order valence-corrected chi connectivity index (χ3v) is 2.40. The van der Waals surface area contributed by atoms with Crippen molar-refractivity contribution in [3.8, 4) is 0 Å². The molecule has 2 rings (SSSR count). The summed E-state index contributed by atoms with van der Waals surface area (Å²) >= 11 is 0. The molecule has 78 valence electrons. The molecule has 0 saturated heterocycles. The van der Waals surface area contributed by atoms with Crippen LogP contribution in [0.25, 0.3) is 0 Å². The van der Waals surface area contributed by atoms with Crippen molar-refractivity contribution in [2.75, 3.05) is 11.9 Å². The molecule has 1 aromatic rings. The van der Waals surface area contributed by atoms with Crippen LogP contribution in [0.15, 0.2) is 4.42 Å². The molecule has 0 radical (unpaired) electrons. The molecule has 1 aliphatic rings. The SMILES string of the molecule is CCNCc1nnc(NC2(C)CC2)o1. The van der Waals surface area contributed by atoms with E-state index in [2.05, 4.69) is 27.8 Å². The standard InChI is InChI=1S/C9H16N4O/c1-3-10-6-7-12-13-8(14-7)11-9(2)4-5-9/h10H,3-6H2,1-2H3,(H,11,13). The van der Waals surface area contributed by atoms with Crippen molar-refractivity contribution in [2.45, 2.75) is 38.8 Å². The molecule has 1 heterocycles. The minimum Gasteiger partial charge on any atom is -0.407 e. The highest BCUT2D eigenvalue weighted by atomic mass is 16.4. The zero-order valence-corrected chi connectivity index (χ0v) is 8.63. The van der Waals surface area contributed by atoms with E-state index < -0.39 is 0 Å². The van der Waals surface area contributed by atoms with Gasteiger partial charge in [-0.3, -0.25) is 0 Å². The minimum atomic E-state index is 0.196. The highest BCUT2D eigenvalue weighted by Gasteiger charge is 2.38. The van der Waals surface area contributed by atoms with Crippen molar-refractivity contribution in [1.82, 2.24) is 15.5 Å². The van der Waals surface area contributed by atoms with E-state index in [4.69, 9.17) is 4.42 Å². The lowest BCUT2D eigenvalue weighted by atomic mass is 10.3. The molecule has 0 aliphatic heterocycles. The van der Waals surface area contributed by atoms with Crippen LogP contribution in [0.4, 0.5) is 6.01 Å². The summed E-state index contributed by atoms with van der Waals surface area (Å²) in [6.45, 7) is 5.74. The Morgan fingerprint density at radius 3 is 2.86 bits per heavy atom. The van der Waals surface area contributed by atoms with Gasteiger partial charge in [-0.1, -0.05) is 12.0 Å². The molecule has 5 nitrogen and oxygen atoms in total. The van der Waals surface area contributed by atoms with E-state index >= 15 is 0 Å². The van der Waals surface area contributed by atoms with Gasteiger partial charge in [0.2, 0.25) is 5.89 Å². The number of hydrogen-bond donors (Lipinski definition) is 2. The van der Waals surface area contributed by atoms with Crippen LogP contribution in [0.3, 0.4) is 0 Å². The smallest absolute Gasteiger partial charge is 0.315 e. The lowest BCUT2D eigenvalue weighted by molar-refractivity contribution is 0.477. The topological polar surface area (TPSA) is 63.0 Å². The summed E-state index contributed by atoms with van der Waals surface area (Å²) in [4.78, 5) is 0. The van der Waals surface area contributed by atoms with Gasteiger partial charge >= 0.3 is 6.01 Å². The van der Waals surface area contributed by atoms with Crippen molar-refractivity contribution in [1.29, 1.82) is 0 Å². The Morgan fingerprint density at radius 1 is 1.43 bits per heavy atom. The largest absolute Gasteiger partial charge is 0.407 e. The minimum absolute atomic E-state index is 0.196. The van der Waals surface area contributed by atoms with Gasteiger partial charge in [0.15, 0.2) is 0 Å². The van der Waals surface area contributed by atoms with Gasteiger partial charge in [-0.2, -0.15) is 0 Å². The second kappa shape index (κ2) is 3.57. The number of nitrogens with one attached hydrogen (secondary N) is 2. The molecule has 14 heavy (non-hydrogen) atoms. The predicted octanol–water partition coefficient (Wildman–Crippen LogP) is 1.14. The van der Waals surface area contributed by atoms with Crippen molar-refractivity contribution in [2.24, 2.45) is 0 Å². The molecule has 0 unspecified atom stereocenters. The third kappa shape index (κ3) is 2.23. The fraction of sp³-hybridized carbons (Fsp3) is 0.778. The van der Waals surface area contributed by atoms with Crippen molar-refractivity contribution in [3.05, 3.63) is 5.89 Å². The molecule has 0 amide bonds. The Hall–Kier alpha value is -1.10. The van der Waals surface area contributed by atoms with Crippen LogP contribution in [-0.2, 0) is 6.54 Å². The third-order valence-electron chi connectivity index (χ3n) is 2.40. The van der Waals surface area contributed by atoms with Crippen LogP contribution in [0.2, 0.25) is 0 Å². The summed E-state index contributed by atoms with van der Waals surface area (Å²) in [5, 5.41) is 14.2. The van der Waals surface area contributed by atoms with E-state index in [-0.39, 0.29) is 5.54 Å². The highest BCUT2D eigenvalue weighted by molar-refractivity contribution is 5.28. The Kier molecular flexibility index (Phi) is 2.41. The van der Waals surface area contributed by atoms with Gasteiger partial charge in [-0.15, -0.1) is 5.10 Å². The van der Waals surface area contributed by atoms with Crippen molar-refractivity contribution >= 4 is 6.01 Å². The van der Waals surface area contributed by atoms with Crippen LogP contribution >= 0.6 is 0 Å². The zero-order chi connectivity index (χ0) is 10.0. The molecule has 1 saturated carbocycles. The van der Waals surface area contributed by atoms with E-state index in [1.54, 1.807) is 0 Å². The first-order chi connectivity index (χ1) is 6.72. The quantitative estimate of drug-likeness (QED) is 0.739. The summed E-state index contributed by atoms with van der Waals surface area (Å²) in [5.41, 5.74) is 0.196. The average molecular weight is 196 g/mol. The van der Waals surface area contributed by atoms with Crippen LogP contribution < -0.4 is 10.6 Å². The van der Waals surface area contributed by atoms with E-state index in [1.165, 1.54) is 12.8 Å². The van der Waals surface area contributed by atoms with Crippen molar-refractivity contribution < 1.29 is 4.42 Å². The normalized spacial score (nSPS) is 18.1. The zero-order valence-electron chi connectivity index (χ0n) is 8.63. The molecule has 1 aromatic heterocycles. The highest BCUT2D eigenvalue weighted by Crippen LogP contribution is 2.37. The summed E-state index contributed by atoms with van der Waals surface area (Å²) < 4.78 is 5.41. The second-order valence-corrected chi connectivity index (χ2v) is 3.97. The molecular weight excluding hydrogens is 180 g/mol. The fourth-order valence-corrected chi connectivity index (χ4v) is 1.18. The van der Waals surface area contributed by atoms with Crippen LogP contribution in [-0.4, -0.2) is 22.3 Å². The average Bonchev–Trinajstić information content (AvgIpc) is 2.72. The molecule has 1 fully saturated rings. The van der Waals surface area contributed by atoms with Gasteiger partial charge in [0, 0.05) is 5.54 Å². The molecule has 0 atom stereocenters. The van der Waals surface area contributed by atoms with E-state index in [0.717, 1.165) is 6.54 Å². The predicted molar refractivity (Wildman–Crippen MR) is 52.9 cm³/mol. The van der Waals surface area contributed by atoms with Gasteiger partial charge in [0.05, 0.1) is 6.54 Å². The van der Waals surface area contributed by atoms with E-state index in [0.29, 0.717) is 18.5 Å². The van der Waals surface area contributed by atoms with E-state index in [9.17, 15) is 0 Å². The van der Waals surface area contributed by atoms with E-state index in [1.807, 2.05) is 6.92 Å². The van der Waals surface area contributed by atoms with Crippen LogP contribution in [0, 0.1) is 0 Å². The maximum atomic E-state index is 5.41. The number of aromatic nitrogens is 2. The molecule has 0 aromatic carbocycles. The van der Waals surface area contributed by atoms with Crippen molar-refractivity contribution in [3.63, 3.8) is 0 Å². The van der Waals surface area contributed by atoms with Gasteiger partial charge in [0.1, 0.15) is 0 Å². The summed E-state index contributed by atoms with van der Waals surface area (Å²) in [7, 11) is 0. The lowest BCUT2D eigenvalue weighted by Crippen LogP contribution is -2.16. The number of nitrogens with zero attached hydrogens (tertiary/aromatic N) is 2. The molecule has 0 spiro atoms. The Morgan fingerprint density at radius 2 is 2.21 bits per heavy atom. The Bertz CT molecular complexity index is 306. The van der Waals surface area contributed by atoms with Gasteiger partial charge in [0.25, 0.3) is 0 Å². The first-order valence-electron chi connectivity index (χ1n) is 5.03. The van der Waals surface area contributed by atoms with Gasteiger partial charge in [-0.25, -0.2) is 0 Å². The maximum absolute atomic E-state index is 5.41. The first-order valence-corrected chi connectivity index (χ1v) is 5.03. The summed E-state index contributed by atoms with van der Waals surface area (Å²) in [5.74, 6) is 0.638. The number of hydrogen-bond acceptors (Lipinski definition) is 5. The molecule has 2 N–H and O–H groups in total. The molecule has 1 aliphatic carbocycles. The van der Waals surface area contributed by atoms with Crippen LogP contribution in [0.5, 0.6) is 0 Å². The maximum Gasteiger partial charge on any atom is 0.315 e. The summed E-state index contributed by atoms with van der Waals surface area (Å²) in [6.07, 6.45) is 2.36. The molecule has 5 heteroatoms. The van der Waals surface area contributed by atoms with Gasteiger partial charge in [-0.05, 0) is 26.3 Å². The second-order valence-electron chi connectivity index (χ2n) is 3.97. The fourth-order valence-electron chi connectivity index (χ4n) is 1.18. The Labute approximate surface area is 83.3 Å². The number of anilines is 1. The Balaban J connectivity index is 1.89. The first kappa shape index (κ1) is 9.45. The lowest BCUT2D eigenvalue weighted by Gasteiger charge is -2.06. The van der Waals surface area contributed by atoms with Gasteiger partial charge < -0.3 is 15.1 Å². The molecular formula is C9H16N4O.